The number of amides is 1. The molecule has 1 heterocycles. The average Bonchev–Trinajstić information content (AvgIpc) is 2.98. The fourth-order valence-corrected chi connectivity index (χ4v) is 3.12. The van der Waals surface area contributed by atoms with Gasteiger partial charge in [0.15, 0.2) is 0 Å². The van der Waals surface area contributed by atoms with Crippen LogP contribution in [-0.4, -0.2) is 17.6 Å². The zero-order valence-electron chi connectivity index (χ0n) is 15.2. The summed E-state index contributed by atoms with van der Waals surface area (Å²) in [7, 11) is 1.65. The number of aromatic nitrogens is 1. The first-order chi connectivity index (χ1) is 12.0. The minimum absolute atomic E-state index is 0.0236. The number of nitrogens with one attached hydrogen (secondary N) is 1. The Labute approximate surface area is 148 Å². The van der Waals surface area contributed by atoms with Crippen molar-refractivity contribution in [2.45, 2.75) is 33.2 Å². The van der Waals surface area contributed by atoms with E-state index in [2.05, 4.69) is 25.2 Å². The van der Waals surface area contributed by atoms with Crippen molar-refractivity contribution < 1.29 is 9.53 Å². The number of rotatable bonds is 5. The number of hydrogen-bond donors (Lipinski definition) is 1. The Kier molecular flexibility index (Phi) is 4.79. The number of fused-ring (bicyclic) bond motifs is 1. The molecule has 0 aliphatic heterocycles. The number of para-hydroxylation sites is 1. The van der Waals surface area contributed by atoms with Crippen LogP contribution in [0.25, 0.3) is 10.9 Å². The van der Waals surface area contributed by atoms with Crippen molar-refractivity contribution in [1.29, 1.82) is 0 Å². The Morgan fingerprint density at radius 2 is 2.00 bits per heavy atom. The first kappa shape index (κ1) is 17.1. The van der Waals surface area contributed by atoms with Gasteiger partial charge in [0.25, 0.3) is 0 Å². The molecule has 0 unspecified atom stereocenters. The molecule has 0 aliphatic rings. The molecule has 0 atom stereocenters. The Hall–Kier alpha value is -2.75. The summed E-state index contributed by atoms with van der Waals surface area (Å²) in [4.78, 5) is 12.6. The lowest BCUT2D eigenvalue weighted by atomic mass is 9.98. The number of anilines is 1. The van der Waals surface area contributed by atoms with E-state index < -0.39 is 0 Å². The molecule has 25 heavy (non-hydrogen) atoms. The van der Waals surface area contributed by atoms with Crippen LogP contribution in [0.2, 0.25) is 0 Å². The van der Waals surface area contributed by atoms with E-state index in [0.717, 1.165) is 33.5 Å². The summed E-state index contributed by atoms with van der Waals surface area (Å²) in [6.45, 7) is 6.58. The van der Waals surface area contributed by atoms with Crippen LogP contribution in [0, 0.1) is 6.92 Å². The molecule has 0 bridgehead atoms. The van der Waals surface area contributed by atoms with Crippen LogP contribution < -0.4 is 10.1 Å². The molecule has 4 nitrogen and oxygen atoms in total. The molecule has 3 aromatic rings. The lowest BCUT2D eigenvalue weighted by Gasteiger charge is -2.17. The molecule has 0 saturated heterocycles. The van der Waals surface area contributed by atoms with Crippen molar-refractivity contribution in [3.63, 3.8) is 0 Å². The highest BCUT2D eigenvalue weighted by Gasteiger charge is 2.13. The van der Waals surface area contributed by atoms with E-state index in [-0.39, 0.29) is 12.5 Å². The van der Waals surface area contributed by atoms with Gasteiger partial charge in [-0.3, -0.25) is 4.79 Å². The molecule has 3 rings (SSSR count). The highest BCUT2D eigenvalue weighted by Crippen LogP contribution is 2.27. The Morgan fingerprint density at radius 3 is 2.72 bits per heavy atom. The maximum Gasteiger partial charge on any atom is 0.244 e. The Balaban J connectivity index is 1.82. The van der Waals surface area contributed by atoms with Crippen molar-refractivity contribution in [3.05, 3.63) is 59.8 Å². The number of nitrogens with zero attached hydrogens (tertiary/aromatic N) is 1. The summed E-state index contributed by atoms with van der Waals surface area (Å²) in [5.74, 6) is 1.15. The minimum Gasteiger partial charge on any atom is -0.497 e. The third-order valence-corrected chi connectivity index (χ3v) is 4.48. The molecule has 4 heteroatoms. The van der Waals surface area contributed by atoms with Crippen LogP contribution in [0.15, 0.2) is 48.7 Å². The molecule has 1 amide bonds. The number of benzene rings is 2. The topological polar surface area (TPSA) is 43.3 Å². The maximum absolute atomic E-state index is 12.6. The summed E-state index contributed by atoms with van der Waals surface area (Å²) in [6.07, 6.45) is 1.94. The highest BCUT2D eigenvalue weighted by atomic mass is 16.5. The van der Waals surface area contributed by atoms with Crippen molar-refractivity contribution in [2.75, 3.05) is 12.4 Å². The molecule has 130 valence electrons. The predicted octanol–water partition coefficient (Wildman–Crippen LogP) is 4.72. The van der Waals surface area contributed by atoms with Crippen LogP contribution in [-0.2, 0) is 11.3 Å². The van der Waals surface area contributed by atoms with Gasteiger partial charge in [0.05, 0.1) is 7.11 Å². The van der Waals surface area contributed by atoms with Gasteiger partial charge in [-0.15, -0.1) is 0 Å². The highest BCUT2D eigenvalue weighted by molar-refractivity contribution is 5.93. The second kappa shape index (κ2) is 7.01. The molecular formula is C21H24N2O2. The van der Waals surface area contributed by atoms with E-state index in [9.17, 15) is 4.79 Å². The number of aryl methyl sites for hydroxylation is 1. The first-order valence-electron chi connectivity index (χ1n) is 8.52. The summed E-state index contributed by atoms with van der Waals surface area (Å²) in [5.41, 5.74) is 4.20. The Morgan fingerprint density at radius 1 is 1.20 bits per heavy atom. The second-order valence-electron chi connectivity index (χ2n) is 6.61. The third-order valence-electron chi connectivity index (χ3n) is 4.48. The van der Waals surface area contributed by atoms with Crippen molar-refractivity contribution in [3.8, 4) is 5.75 Å². The van der Waals surface area contributed by atoms with Crippen molar-refractivity contribution >= 4 is 22.5 Å². The van der Waals surface area contributed by atoms with Gasteiger partial charge in [-0.25, -0.2) is 0 Å². The number of carbonyl (C=O) groups excluding carboxylic acids is 1. The number of ether oxygens (including phenoxy) is 1. The maximum atomic E-state index is 12.6. The average molecular weight is 336 g/mol. The van der Waals surface area contributed by atoms with Gasteiger partial charge < -0.3 is 14.6 Å². The normalized spacial score (nSPS) is 11.1. The minimum atomic E-state index is -0.0236. The molecule has 0 radical (unpaired) electrons. The van der Waals surface area contributed by atoms with Gasteiger partial charge in [0.2, 0.25) is 5.91 Å². The number of methoxy groups -OCH3 is 1. The van der Waals surface area contributed by atoms with E-state index in [0.29, 0.717) is 5.92 Å². The summed E-state index contributed by atoms with van der Waals surface area (Å²) in [5, 5.41) is 4.16. The van der Waals surface area contributed by atoms with E-state index in [4.69, 9.17) is 4.74 Å². The SMILES string of the molecule is COc1ccc2c(ccn2CC(=O)Nc2c(C)cccc2C(C)C)c1. The number of hydrogen-bond acceptors (Lipinski definition) is 2. The predicted molar refractivity (Wildman–Crippen MR) is 102 cm³/mol. The fourth-order valence-electron chi connectivity index (χ4n) is 3.12. The standard InChI is InChI=1S/C21H24N2O2/c1-14(2)18-7-5-6-15(3)21(18)22-20(24)13-23-11-10-16-12-17(25-4)8-9-19(16)23/h5-12,14H,13H2,1-4H3,(H,22,24). The van der Waals surface area contributed by atoms with E-state index in [1.54, 1.807) is 7.11 Å². The molecule has 0 aliphatic carbocycles. The van der Waals surface area contributed by atoms with Crippen LogP contribution in [0.5, 0.6) is 5.75 Å². The molecule has 2 aromatic carbocycles. The van der Waals surface area contributed by atoms with Crippen molar-refractivity contribution in [2.24, 2.45) is 0 Å². The monoisotopic (exact) mass is 336 g/mol. The lowest BCUT2D eigenvalue weighted by molar-refractivity contribution is -0.116. The summed E-state index contributed by atoms with van der Waals surface area (Å²) >= 11 is 0. The number of carbonyl (C=O) groups is 1. The smallest absolute Gasteiger partial charge is 0.244 e. The van der Waals surface area contributed by atoms with Crippen LogP contribution >= 0.6 is 0 Å². The van der Waals surface area contributed by atoms with Gasteiger partial charge in [0, 0.05) is 22.8 Å². The molecular weight excluding hydrogens is 312 g/mol. The van der Waals surface area contributed by atoms with Gasteiger partial charge >= 0.3 is 0 Å². The lowest BCUT2D eigenvalue weighted by Crippen LogP contribution is -2.20. The summed E-state index contributed by atoms with van der Waals surface area (Å²) in [6, 6.07) is 14.0. The third kappa shape index (κ3) is 3.53. The van der Waals surface area contributed by atoms with Crippen molar-refractivity contribution in [1.82, 2.24) is 4.57 Å². The van der Waals surface area contributed by atoms with Crippen LogP contribution in [0.4, 0.5) is 5.69 Å². The van der Waals surface area contributed by atoms with E-state index >= 15 is 0 Å². The largest absolute Gasteiger partial charge is 0.497 e. The zero-order chi connectivity index (χ0) is 18.0. The van der Waals surface area contributed by atoms with Gasteiger partial charge in [-0.2, -0.15) is 0 Å². The second-order valence-corrected chi connectivity index (χ2v) is 6.61. The van der Waals surface area contributed by atoms with E-state index in [1.807, 2.05) is 54.1 Å². The zero-order valence-corrected chi connectivity index (χ0v) is 15.2. The Bertz CT molecular complexity index is 909. The molecule has 0 saturated carbocycles. The van der Waals surface area contributed by atoms with E-state index in [1.165, 1.54) is 0 Å². The fraction of sp³-hybridized carbons (Fsp3) is 0.286. The molecule has 1 N–H and O–H groups in total. The van der Waals surface area contributed by atoms with Crippen LogP contribution in [0.3, 0.4) is 0 Å². The molecule has 0 spiro atoms. The molecule has 1 aromatic heterocycles. The summed E-state index contributed by atoms with van der Waals surface area (Å²) < 4.78 is 7.21. The van der Waals surface area contributed by atoms with Crippen LogP contribution in [0.1, 0.15) is 30.9 Å². The van der Waals surface area contributed by atoms with Gasteiger partial charge in [-0.05, 0) is 48.2 Å². The quantitative estimate of drug-likeness (QED) is 0.732. The first-order valence-corrected chi connectivity index (χ1v) is 8.52. The van der Waals surface area contributed by atoms with Gasteiger partial charge in [-0.1, -0.05) is 32.0 Å². The van der Waals surface area contributed by atoms with Gasteiger partial charge in [0.1, 0.15) is 12.3 Å². The molecule has 0 fully saturated rings.